The minimum absolute atomic E-state index is 0.136. The summed E-state index contributed by atoms with van der Waals surface area (Å²) in [5, 5.41) is 24.2. The lowest BCUT2D eigenvalue weighted by Gasteiger charge is -2.24. The third kappa shape index (κ3) is 4.86. The summed E-state index contributed by atoms with van der Waals surface area (Å²) in [5.41, 5.74) is 3.06. The fourth-order valence-corrected chi connectivity index (χ4v) is 5.12. The number of hydrogen-bond donors (Lipinski definition) is 2. The summed E-state index contributed by atoms with van der Waals surface area (Å²) in [6.07, 6.45) is 3.61. The molecule has 2 N–H and O–H groups in total. The molecule has 1 aromatic heterocycles. The number of hydrogen-bond acceptors (Lipinski definition) is 5. The summed E-state index contributed by atoms with van der Waals surface area (Å²) in [7, 11) is 1.75. The van der Waals surface area contributed by atoms with Gasteiger partial charge in [0.2, 0.25) is 0 Å². The van der Waals surface area contributed by atoms with E-state index in [1.807, 2.05) is 6.07 Å². The number of halogens is 2. The number of benzene rings is 3. The molecule has 5 rings (SSSR count). The van der Waals surface area contributed by atoms with Gasteiger partial charge in [-0.25, -0.2) is 4.39 Å². The molecule has 1 aliphatic heterocycles. The quantitative estimate of drug-likeness (QED) is 0.353. The third-order valence-electron chi connectivity index (χ3n) is 6.73. The van der Waals surface area contributed by atoms with Crippen LogP contribution in [-0.2, 0) is 0 Å². The fraction of sp³-hybridized carbons (Fsp3) is 0.207. The molecule has 0 spiro atoms. The Bertz CT molecular complexity index is 1540. The molecule has 1 atom stereocenters. The van der Waals surface area contributed by atoms with Crippen molar-refractivity contribution in [2.75, 3.05) is 20.1 Å². The number of phenolic OH excluding ortho intramolecular Hbond substituents is 1. The number of pyridine rings is 1. The van der Waals surface area contributed by atoms with Gasteiger partial charge in [-0.15, -0.1) is 0 Å². The van der Waals surface area contributed by atoms with Crippen LogP contribution >= 0.6 is 11.6 Å². The number of amides is 1. The molecule has 37 heavy (non-hydrogen) atoms. The normalized spacial score (nSPS) is 15.0. The van der Waals surface area contributed by atoms with Crippen molar-refractivity contribution in [3.63, 3.8) is 0 Å². The molecule has 3 aromatic carbocycles. The van der Waals surface area contributed by atoms with Gasteiger partial charge in [0.15, 0.2) is 0 Å². The van der Waals surface area contributed by atoms with Gasteiger partial charge in [-0.3, -0.25) is 9.78 Å². The Morgan fingerprint density at radius 2 is 2.05 bits per heavy atom. The van der Waals surface area contributed by atoms with Crippen molar-refractivity contribution in [2.24, 2.45) is 0 Å². The molecule has 8 heteroatoms. The van der Waals surface area contributed by atoms with Crippen LogP contribution in [0.5, 0.6) is 5.75 Å². The van der Waals surface area contributed by atoms with Crippen LogP contribution in [0.3, 0.4) is 0 Å². The fourth-order valence-electron chi connectivity index (χ4n) is 4.90. The van der Waals surface area contributed by atoms with E-state index in [9.17, 15) is 19.6 Å². The van der Waals surface area contributed by atoms with Crippen LogP contribution < -0.4 is 5.32 Å². The van der Waals surface area contributed by atoms with Crippen molar-refractivity contribution in [3.05, 3.63) is 82.8 Å². The van der Waals surface area contributed by atoms with Crippen molar-refractivity contribution < 1.29 is 14.3 Å². The van der Waals surface area contributed by atoms with E-state index in [0.29, 0.717) is 45.3 Å². The highest BCUT2D eigenvalue weighted by Crippen LogP contribution is 2.37. The maximum absolute atomic E-state index is 14.3. The SMILES string of the molecule is CN(C[C@@H]1CCCN1)C(=O)c1c(-c2cc(F)cc(Cl)c2)cnc2ccc(-c3cccc(C#N)c3O)cc12. The van der Waals surface area contributed by atoms with E-state index in [1.165, 1.54) is 18.2 Å². The molecule has 1 aliphatic rings. The number of carbonyl (C=O) groups excluding carboxylic acids is 1. The van der Waals surface area contributed by atoms with Gasteiger partial charge in [0.1, 0.15) is 17.6 Å². The zero-order chi connectivity index (χ0) is 26.1. The molecule has 0 radical (unpaired) electrons. The molecule has 2 heterocycles. The van der Waals surface area contributed by atoms with Gasteiger partial charge in [0.05, 0.1) is 16.6 Å². The molecular formula is C29H24ClFN4O2. The summed E-state index contributed by atoms with van der Waals surface area (Å²) in [4.78, 5) is 20.2. The topological polar surface area (TPSA) is 89.3 Å². The van der Waals surface area contributed by atoms with E-state index >= 15 is 0 Å². The summed E-state index contributed by atoms with van der Waals surface area (Å²) in [6.45, 7) is 1.45. The lowest BCUT2D eigenvalue weighted by atomic mass is 9.93. The Morgan fingerprint density at radius 3 is 2.78 bits per heavy atom. The summed E-state index contributed by atoms with van der Waals surface area (Å²) in [5.74, 6) is -0.886. The van der Waals surface area contributed by atoms with Gasteiger partial charge in [-0.1, -0.05) is 29.8 Å². The largest absolute Gasteiger partial charge is 0.506 e. The van der Waals surface area contributed by atoms with Crippen molar-refractivity contribution >= 4 is 28.4 Å². The molecule has 4 aromatic rings. The van der Waals surface area contributed by atoms with E-state index in [4.69, 9.17) is 11.6 Å². The average molecular weight is 515 g/mol. The monoisotopic (exact) mass is 514 g/mol. The Kier molecular flexibility index (Phi) is 6.79. The minimum atomic E-state index is -0.517. The number of aromatic hydroxyl groups is 1. The van der Waals surface area contributed by atoms with Gasteiger partial charge in [0.25, 0.3) is 5.91 Å². The van der Waals surface area contributed by atoms with Crippen LogP contribution in [0.1, 0.15) is 28.8 Å². The zero-order valence-electron chi connectivity index (χ0n) is 20.1. The predicted molar refractivity (Wildman–Crippen MR) is 142 cm³/mol. The van der Waals surface area contributed by atoms with Crippen LogP contribution in [0.15, 0.2) is 60.8 Å². The number of nitriles is 1. The predicted octanol–water partition coefficient (Wildman–Crippen LogP) is 5.76. The number of carbonyl (C=O) groups is 1. The lowest BCUT2D eigenvalue weighted by molar-refractivity contribution is 0.0786. The number of fused-ring (bicyclic) bond motifs is 1. The van der Waals surface area contributed by atoms with Crippen molar-refractivity contribution in [2.45, 2.75) is 18.9 Å². The lowest BCUT2D eigenvalue weighted by Crippen LogP contribution is -2.38. The van der Waals surface area contributed by atoms with Crippen LogP contribution in [0.25, 0.3) is 33.2 Å². The van der Waals surface area contributed by atoms with E-state index in [0.717, 1.165) is 19.4 Å². The number of aromatic nitrogens is 1. The third-order valence-corrected chi connectivity index (χ3v) is 6.94. The molecule has 0 saturated carbocycles. The van der Waals surface area contributed by atoms with E-state index in [-0.39, 0.29) is 28.3 Å². The number of rotatable bonds is 5. The number of phenols is 1. The van der Waals surface area contributed by atoms with Gasteiger partial charge < -0.3 is 15.3 Å². The van der Waals surface area contributed by atoms with Gasteiger partial charge >= 0.3 is 0 Å². The molecule has 6 nitrogen and oxygen atoms in total. The smallest absolute Gasteiger partial charge is 0.255 e. The summed E-state index contributed by atoms with van der Waals surface area (Å²) < 4.78 is 14.3. The standard InChI is InChI=1S/C29H24ClFN4O2/c1-35(16-22-5-3-9-33-22)29(37)27-24-12-17(23-6-2-4-18(14-32)28(23)36)7-8-26(24)34-15-25(27)19-10-20(30)13-21(31)11-19/h2,4,6-8,10-13,15,22,33,36H,3,5,9,16H2,1H3/t22-/m0/s1. The molecule has 1 saturated heterocycles. The number of likely N-dealkylation sites (N-methyl/N-ethyl adjacent to an activating group) is 1. The van der Waals surface area contributed by atoms with Gasteiger partial charge in [-0.2, -0.15) is 5.26 Å². The first-order chi connectivity index (χ1) is 17.9. The van der Waals surface area contributed by atoms with Gasteiger partial charge in [-0.05, 0) is 66.9 Å². The highest BCUT2D eigenvalue weighted by molar-refractivity contribution is 6.31. The summed E-state index contributed by atoms with van der Waals surface area (Å²) >= 11 is 6.16. The Labute approximate surface area is 218 Å². The van der Waals surface area contributed by atoms with Crippen molar-refractivity contribution in [3.8, 4) is 34.1 Å². The Hall–Kier alpha value is -3.99. The molecular weight excluding hydrogens is 491 g/mol. The van der Waals surface area contributed by atoms with E-state index in [1.54, 1.807) is 54.5 Å². The molecule has 0 unspecified atom stereocenters. The van der Waals surface area contributed by atoms with Crippen LogP contribution in [0.2, 0.25) is 5.02 Å². The molecule has 1 fully saturated rings. The van der Waals surface area contributed by atoms with Crippen LogP contribution in [0, 0.1) is 17.1 Å². The summed E-state index contributed by atoms with van der Waals surface area (Å²) in [6, 6.07) is 16.6. The highest BCUT2D eigenvalue weighted by Gasteiger charge is 2.25. The maximum atomic E-state index is 14.3. The van der Waals surface area contributed by atoms with Crippen molar-refractivity contribution in [1.82, 2.24) is 15.2 Å². The van der Waals surface area contributed by atoms with Crippen LogP contribution in [0.4, 0.5) is 4.39 Å². The van der Waals surface area contributed by atoms with Crippen molar-refractivity contribution in [1.29, 1.82) is 5.26 Å². The number of nitrogens with one attached hydrogen (secondary N) is 1. The zero-order valence-corrected chi connectivity index (χ0v) is 20.9. The second-order valence-corrected chi connectivity index (χ2v) is 9.67. The average Bonchev–Trinajstić information content (AvgIpc) is 3.40. The number of para-hydroxylation sites is 1. The molecule has 0 bridgehead atoms. The molecule has 186 valence electrons. The first-order valence-electron chi connectivity index (χ1n) is 12.0. The van der Waals surface area contributed by atoms with Gasteiger partial charge in [0, 0.05) is 47.4 Å². The second kappa shape index (κ2) is 10.2. The Balaban J connectivity index is 1.72. The first-order valence-corrected chi connectivity index (χ1v) is 12.3. The highest BCUT2D eigenvalue weighted by atomic mass is 35.5. The molecule has 0 aliphatic carbocycles. The maximum Gasteiger partial charge on any atom is 0.255 e. The Morgan fingerprint density at radius 1 is 1.22 bits per heavy atom. The first kappa shape index (κ1) is 24.7. The second-order valence-electron chi connectivity index (χ2n) is 9.23. The molecule has 1 amide bonds. The van der Waals surface area contributed by atoms with E-state index in [2.05, 4.69) is 10.3 Å². The van der Waals surface area contributed by atoms with Crippen LogP contribution in [-0.4, -0.2) is 47.1 Å². The number of nitrogens with zero attached hydrogens (tertiary/aromatic N) is 3. The van der Waals surface area contributed by atoms with E-state index < -0.39 is 5.82 Å². The minimum Gasteiger partial charge on any atom is -0.506 e.